The molecule has 0 spiro atoms. The molecule has 0 aliphatic carbocycles. The van der Waals surface area contributed by atoms with E-state index in [1.807, 2.05) is 12.1 Å². The molecule has 0 aliphatic heterocycles. The molecule has 0 heterocycles. The first-order valence-corrected chi connectivity index (χ1v) is 7.86. The van der Waals surface area contributed by atoms with Crippen molar-refractivity contribution in [1.82, 2.24) is 5.32 Å². The highest BCUT2D eigenvalue weighted by molar-refractivity contribution is 6.32. The fourth-order valence-electron chi connectivity index (χ4n) is 1.99. The topological polar surface area (TPSA) is 56.8 Å². The second-order valence-electron chi connectivity index (χ2n) is 4.83. The number of carbonyl (C=O) groups is 1. The van der Waals surface area contributed by atoms with Gasteiger partial charge in [0, 0.05) is 5.56 Å². The van der Waals surface area contributed by atoms with Crippen molar-refractivity contribution in [3.63, 3.8) is 0 Å². The number of hydrogen-bond acceptors (Lipinski definition) is 4. The maximum atomic E-state index is 12.1. The van der Waals surface area contributed by atoms with Crippen LogP contribution >= 0.6 is 11.6 Å². The van der Waals surface area contributed by atoms with Gasteiger partial charge in [-0.1, -0.05) is 35.6 Å². The van der Waals surface area contributed by atoms with Gasteiger partial charge in [-0.2, -0.15) is 0 Å². The van der Waals surface area contributed by atoms with Gasteiger partial charge in [0.1, 0.15) is 12.4 Å². The third-order valence-electron chi connectivity index (χ3n) is 3.24. The molecule has 130 valence electrons. The van der Waals surface area contributed by atoms with Crippen molar-refractivity contribution in [2.45, 2.75) is 0 Å². The summed E-state index contributed by atoms with van der Waals surface area (Å²) in [6, 6.07) is 12.1. The molecule has 0 saturated heterocycles. The molecule has 0 saturated carbocycles. The van der Waals surface area contributed by atoms with Gasteiger partial charge < -0.3 is 19.5 Å². The number of para-hydroxylation sites is 1. The minimum atomic E-state index is -0.248. The third-order valence-corrected chi connectivity index (χ3v) is 3.56. The number of methoxy groups -OCH3 is 2. The van der Waals surface area contributed by atoms with Crippen LogP contribution in [0.4, 0.5) is 0 Å². The van der Waals surface area contributed by atoms with Crippen molar-refractivity contribution >= 4 is 17.5 Å². The lowest BCUT2D eigenvalue weighted by Gasteiger charge is -2.09. The highest BCUT2D eigenvalue weighted by atomic mass is 35.5. The largest absolute Gasteiger partial charge is 0.493 e. The minimum Gasteiger partial charge on any atom is -0.493 e. The lowest BCUT2D eigenvalue weighted by atomic mass is 10.2. The Hall–Kier alpha value is -2.84. The zero-order valence-corrected chi connectivity index (χ0v) is 14.7. The summed E-state index contributed by atoms with van der Waals surface area (Å²) in [4.78, 5) is 12.1. The zero-order valence-electron chi connectivity index (χ0n) is 14.0. The Labute approximate surface area is 151 Å². The lowest BCUT2D eigenvalue weighted by molar-refractivity contribution is 0.0958. The van der Waals surface area contributed by atoms with Gasteiger partial charge in [0.05, 0.1) is 25.8 Å². The van der Waals surface area contributed by atoms with Crippen LogP contribution in [0.5, 0.6) is 17.2 Å². The average Bonchev–Trinajstić information content (AvgIpc) is 2.65. The van der Waals surface area contributed by atoms with E-state index in [1.165, 1.54) is 14.2 Å². The monoisotopic (exact) mass is 359 g/mol. The van der Waals surface area contributed by atoms with Gasteiger partial charge in [0.15, 0.2) is 11.5 Å². The highest BCUT2D eigenvalue weighted by Gasteiger charge is 2.09. The Morgan fingerprint density at radius 3 is 2.52 bits per heavy atom. The van der Waals surface area contributed by atoms with Crippen molar-refractivity contribution in [3.8, 4) is 29.1 Å². The van der Waals surface area contributed by atoms with Crippen LogP contribution in [-0.4, -0.2) is 33.3 Å². The Kier molecular flexibility index (Phi) is 7.00. The summed E-state index contributed by atoms with van der Waals surface area (Å²) in [7, 11) is 3.06. The molecule has 0 unspecified atom stereocenters. The lowest BCUT2D eigenvalue weighted by Crippen LogP contribution is -2.23. The smallest absolute Gasteiger partial charge is 0.252 e. The van der Waals surface area contributed by atoms with Gasteiger partial charge in [-0.15, -0.1) is 0 Å². The van der Waals surface area contributed by atoms with E-state index in [2.05, 4.69) is 17.2 Å². The number of halogens is 1. The van der Waals surface area contributed by atoms with E-state index in [1.54, 1.807) is 30.3 Å². The predicted octanol–water partition coefficient (Wildman–Crippen LogP) is 3.17. The molecule has 2 aromatic carbocycles. The SMILES string of the molecule is COc1ccc(C(=O)NCC#CCOc2ccccc2Cl)cc1OC. The molecule has 0 bridgehead atoms. The van der Waals surface area contributed by atoms with Crippen molar-refractivity contribution < 1.29 is 19.0 Å². The number of ether oxygens (including phenoxy) is 3. The molecule has 0 radical (unpaired) electrons. The van der Waals surface area contributed by atoms with Crippen molar-refractivity contribution in [2.75, 3.05) is 27.4 Å². The summed E-state index contributed by atoms with van der Waals surface area (Å²) in [5.41, 5.74) is 0.465. The van der Waals surface area contributed by atoms with Crippen LogP contribution in [0.25, 0.3) is 0 Å². The maximum Gasteiger partial charge on any atom is 0.252 e. The molecular formula is C19H18ClNO4. The van der Waals surface area contributed by atoms with E-state index in [4.69, 9.17) is 25.8 Å². The van der Waals surface area contributed by atoms with Crippen LogP contribution in [0, 0.1) is 11.8 Å². The number of rotatable bonds is 6. The van der Waals surface area contributed by atoms with Gasteiger partial charge >= 0.3 is 0 Å². The standard InChI is InChI=1S/C19H18ClNO4/c1-23-17-10-9-14(13-18(17)24-2)19(22)21-11-5-6-12-25-16-8-4-3-7-15(16)20/h3-4,7-10,13H,11-12H2,1-2H3,(H,21,22). The summed E-state index contributed by atoms with van der Waals surface area (Å²) in [6.45, 7) is 0.398. The number of hydrogen-bond donors (Lipinski definition) is 1. The summed E-state index contributed by atoms with van der Waals surface area (Å²) >= 11 is 5.97. The van der Waals surface area contributed by atoms with E-state index in [0.29, 0.717) is 27.8 Å². The van der Waals surface area contributed by atoms with Crippen LogP contribution < -0.4 is 19.5 Å². The van der Waals surface area contributed by atoms with Gasteiger partial charge in [-0.05, 0) is 30.3 Å². The van der Waals surface area contributed by atoms with E-state index in [0.717, 1.165) is 0 Å². The predicted molar refractivity (Wildman–Crippen MR) is 96.6 cm³/mol. The second-order valence-corrected chi connectivity index (χ2v) is 5.23. The molecule has 6 heteroatoms. The summed E-state index contributed by atoms with van der Waals surface area (Å²) in [6.07, 6.45) is 0. The number of benzene rings is 2. The van der Waals surface area contributed by atoms with E-state index < -0.39 is 0 Å². The van der Waals surface area contributed by atoms with E-state index in [-0.39, 0.29) is 19.1 Å². The Morgan fingerprint density at radius 1 is 1.04 bits per heavy atom. The average molecular weight is 360 g/mol. The van der Waals surface area contributed by atoms with E-state index >= 15 is 0 Å². The first-order valence-electron chi connectivity index (χ1n) is 7.49. The molecule has 0 atom stereocenters. The summed E-state index contributed by atoms with van der Waals surface area (Å²) < 4.78 is 15.8. The van der Waals surface area contributed by atoms with Gasteiger partial charge in [0.2, 0.25) is 0 Å². The molecule has 5 nitrogen and oxygen atoms in total. The molecular weight excluding hydrogens is 342 g/mol. The summed E-state index contributed by atoms with van der Waals surface area (Å²) in [5, 5.41) is 3.24. The first kappa shape index (κ1) is 18.5. The highest BCUT2D eigenvalue weighted by Crippen LogP contribution is 2.27. The quantitative estimate of drug-likeness (QED) is 0.805. The van der Waals surface area contributed by atoms with Crippen LogP contribution in [0.15, 0.2) is 42.5 Å². The van der Waals surface area contributed by atoms with Crippen molar-refractivity contribution in [1.29, 1.82) is 0 Å². The van der Waals surface area contributed by atoms with Crippen LogP contribution in [0.1, 0.15) is 10.4 Å². The number of carbonyl (C=O) groups excluding carboxylic acids is 1. The van der Waals surface area contributed by atoms with Crippen LogP contribution in [-0.2, 0) is 0 Å². The fraction of sp³-hybridized carbons (Fsp3) is 0.211. The summed E-state index contributed by atoms with van der Waals surface area (Å²) in [5.74, 6) is 7.03. The minimum absolute atomic E-state index is 0.190. The van der Waals surface area contributed by atoms with Crippen LogP contribution in [0.3, 0.4) is 0 Å². The number of amides is 1. The zero-order chi connectivity index (χ0) is 18.1. The van der Waals surface area contributed by atoms with Crippen LogP contribution in [0.2, 0.25) is 5.02 Å². The molecule has 1 amide bonds. The molecule has 0 fully saturated rings. The molecule has 25 heavy (non-hydrogen) atoms. The Bertz CT molecular complexity index is 795. The van der Waals surface area contributed by atoms with Crippen molar-refractivity contribution in [2.24, 2.45) is 0 Å². The van der Waals surface area contributed by atoms with Gasteiger partial charge in [0.25, 0.3) is 5.91 Å². The molecule has 1 N–H and O–H groups in total. The Balaban J connectivity index is 1.82. The number of nitrogens with one attached hydrogen (secondary N) is 1. The third kappa shape index (κ3) is 5.33. The van der Waals surface area contributed by atoms with Gasteiger partial charge in [-0.25, -0.2) is 0 Å². The molecule has 0 aromatic heterocycles. The Morgan fingerprint density at radius 2 is 1.80 bits per heavy atom. The normalized spacial score (nSPS) is 9.56. The first-order chi connectivity index (χ1) is 12.2. The molecule has 2 rings (SSSR count). The fourth-order valence-corrected chi connectivity index (χ4v) is 2.18. The molecule has 2 aromatic rings. The van der Waals surface area contributed by atoms with Crippen molar-refractivity contribution in [3.05, 3.63) is 53.1 Å². The maximum absolute atomic E-state index is 12.1. The second kappa shape index (κ2) is 9.45. The van der Waals surface area contributed by atoms with Gasteiger partial charge in [-0.3, -0.25) is 4.79 Å². The molecule has 0 aliphatic rings. The van der Waals surface area contributed by atoms with E-state index in [9.17, 15) is 4.79 Å².